The highest BCUT2D eigenvalue weighted by molar-refractivity contribution is 5.77. The lowest BCUT2D eigenvalue weighted by molar-refractivity contribution is -0.133. The Hall–Kier alpha value is -1.23. The molecule has 4 atom stereocenters. The van der Waals surface area contributed by atoms with Gasteiger partial charge in [0.2, 0.25) is 5.91 Å². The highest BCUT2D eigenvalue weighted by Gasteiger charge is 2.26. The van der Waals surface area contributed by atoms with Crippen molar-refractivity contribution in [3.8, 4) is 0 Å². The molecule has 0 N–H and O–H groups in total. The summed E-state index contributed by atoms with van der Waals surface area (Å²) in [6.07, 6.45) is 7.07. The van der Waals surface area contributed by atoms with Gasteiger partial charge in [-0.25, -0.2) is 8.78 Å². The fraction of sp³-hybridized carbons (Fsp3) is 0.737. The van der Waals surface area contributed by atoms with E-state index in [0.29, 0.717) is 19.4 Å². The molecule has 0 saturated carbocycles. The van der Waals surface area contributed by atoms with Crippen LogP contribution in [0.25, 0.3) is 0 Å². The maximum absolute atomic E-state index is 13.5. The van der Waals surface area contributed by atoms with Crippen molar-refractivity contribution in [2.75, 3.05) is 13.7 Å². The molecular weight excluding hydrogens is 312 g/mol. The summed E-state index contributed by atoms with van der Waals surface area (Å²) >= 11 is 0. The molecule has 0 saturated heterocycles. The average Bonchev–Trinajstić information content (AvgIpc) is 2.57. The van der Waals surface area contributed by atoms with E-state index in [1.807, 2.05) is 11.0 Å². The summed E-state index contributed by atoms with van der Waals surface area (Å²) < 4.78 is 32.2. The SMILES string of the molecule is CCCN(C(=O)CCC1=C[C@@H](F)CC(F)C1)[C@H]1C=CC(OC)CC1. The first-order valence-electron chi connectivity index (χ1n) is 9.01. The minimum absolute atomic E-state index is 0.0487. The maximum Gasteiger partial charge on any atom is 0.223 e. The first-order chi connectivity index (χ1) is 11.5. The molecule has 0 aromatic carbocycles. The fourth-order valence-corrected chi connectivity index (χ4v) is 3.55. The summed E-state index contributed by atoms with van der Waals surface area (Å²) in [5.74, 6) is 0.0691. The van der Waals surface area contributed by atoms with Gasteiger partial charge in [-0.05, 0) is 32.1 Å². The van der Waals surface area contributed by atoms with Gasteiger partial charge in [0.05, 0.1) is 12.1 Å². The van der Waals surface area contributed by atoms with Crippen LogP contribution in [0.1, 0.15) is 51.9 Å². The monoisotopic (exact) mass is 341 g/mol. The van der Waals surface area contributed by atoms with Crippen LogP contribution in [0.15, 0.2) is 23.8 Å². The number of carbonyl (C=O) groups excluding carboxylic acids is 1. The molecule has 1 amide bonds. The van der Waals surface area contributed by atoms with Crippen LogP contribution in [-0.2, 0) is 9.53 Å². The Bertz CT molecular complexity index is 478. The highest BCUT2D eigenvalue weighted by Crippen LogP contribution is 2.27. The van der Waals surface area contributed by atoms with Gasteiger partial charge >= 0.3 is 0 Å². The summed E-state index contributed by atoms with van der Waals surface area (Å²) in [6, 6.07) is 0.104. The van der Waals surface area contributed by atoms with E-state index in [0.717, 1.165) is 24.8 Å². The van der Waals surface area contributed by atoms with Crippen molar-refractivity contribution in [3.63, 3.8) is 0 Å². The lowest BCUT2D eigenvalue weighted by Gasteiger charge is -2.33. The van der Waals surface area contributed by atoms with E-state index in [1.54, 1.807) is 7.11 Å². The van der Waals surface area contributed by atoms with Gasteiger partial charge in [-0.3, -0.25) is 4.79 Å². The van der Waals surface area contributed by atoms with Crippen LogP contribution < -0.4 is 0 Å². The number of allylic oxidation sites excluding steroid dienone is 2. The number of methoxy groups -OCH3 is 1. The third-order valence-electron chi connectivity index (χ3n) is 4.82. The Morgan fingerprint density at radius 1 is 1.33 bits per heavy atom. The number of nitrogens with zero attached hydrogens (tertiary/aromatic N) is 1. The van der Waals surface area contributed by atoms with Crippen LogP contribution in [0.2, 0.25) is 0 Å². The molecule has 0 fully saturated rings. The van der Waals surface area contributed by atoms with Crippen LogP contribution >= 0.6 is 0 Å². The number of amides is 1. The topological polar surface area (TPSA) is 29.5 Å². The third-order valence-corrected chi connectivity index (χ3v) is 4.82. The molecule has 0 aromatic heterocycles. The average molecular weight is 341 g/mol. The van der Waals surface area contributed by atoms with Gasteiger partial charge in [-0.15, -0.1) is 0 Å². The van der Waals surface area contributed by atoms with E-state index in [-0.39, 0.29) is 30.9 Å². The number of hydrogen-bond acceptors (Lipinski definition) is 2. The zero-order valence-corrected chi connectivity index (χ0v) is 14.7. The van der Waals surface area contributed by atoms with Crippen molar-refractivity contribution in [2.24, 2.45) is 0 Å². The second kappa shape index (κ2) is 9.30. The third kappa shape index (κ3) is 5.40. The van der Waals surface area contributed by atoms with Crippen molar-refractivity contribution in [3.05, 3.63) is 23.8 Å². The number of halogens is 2. The second-order valence-electron chi connectivity index (χ2n) is 6.77. The molecule has 5 heteroatoms. The Morgan fingerprint density at radius 3 is 2.71 bits per heavy atom. The number of hydrogen-bond donors (Lipinski definition) is 0. The predicted molar refractivity (Wildman–Crippen MR) is 91.3 cm³/mol. The smallest absolute Gasteiger partial charge is 0.223 e. The Balaban J connectivity index is 1.92. The first-order valence-corrected chi connectivity index (χ1v) is 9.01. The van der Waals surface area contributed by atoms with Crippen molar-refractivity contribution in [1.29, 1.82) is 0 Å². The Morgan fingerprint density at radius 2 is 2.12 bits per heavy atom. The molecule has 136 valence electrons. The van der Waals surface area contributed by atoms with Crippen LogP contribution in [0.3, 0.4) is 0 Å². The lowest BCUT2D eigenvalue weighted by atomic mass is 9.93. The van der Waals surface area contributed by atoms with Gasteiger partial charge in [0.15, 0.2) is 0 Å². The zero-order valence-electron chi connectivity index (χ0n) is 14.7. The van der Waals surface area contributed by atoms with E-state index in [4.69, 9.17) is 4.74 Å². The minimum Gasteiger partial charge on any atom is -0.377 e. The van der Waals surface area contributed by atoms with Crippen LogP contribution in [-0.4, -0.2) is 49.0 Å². The van der Waals surface area contributed by atoms with Crippen molar-refractivity contribution in [1.82, 2.24) is 4.90 Å². The van der Waals surface area contributed by atoms with E-state index in [2.05, 4.69) is 13.0 Å². The molecule has 2 aliphatic rings. The molecule has 0 spiro atoms. The molecule has 0 bridgehead atoms. The summed E-state index contributed by atoms with van der Waals surface area (Å²) in [7, 11) is 1.69. The fourth-order valence-electron chi connectivity index (χ4n) is 3.55. The van der Waals surface area contributed by atoms with E-state index in [1.165, 1.54) is 6.08 Å². The molecular formula is C19H29F2NO2. The normalized spacial score (nSPS) is 30.1. The molecule has 24 heavy (non-hydrogen) atoms. The molecule has 0 aromatic rings. The van der Waals surface area contributed by atoms with E-state index < -0.39 is 12.3 Å². The van der Waals surface area contributed by atoms with Crippen molar-refractivity contribution in [2.45, 2.75) is 76.4 Å². The van der Waals surface area contributed by atoms with Gasteiger partial charge in [0.25, 0.3) is 0 Å². The van der Waals surface area contributed by atoms with E-state index >= 15 is 0 Å². The first kappa shape index (κ1) is 19.1. The molecule has 2 rings (SSSR count). The lowest BCUT2D eigenvalue weighted by Crippen LogP contribution is -2.41. The van der Waals surface area contributed by atoms with Crippen molar-refractivity contribution >= 4 is 5.91 Å². The summed E-state index contributed by atoms with van der Waals surface area (Å²) in [6.45, 7) is 2.76. The number of rotatable bonds is 7. The van der Waals surface area contributed by atoms with Gasteiger partial charge in [-0.2, -0.15) is 0 Å². The van der Waals surface area contributed by atoms with E-state index in [9.17, 15) is 13.6 Å². The maximum atomic E-state index is 13.5. The molecule has 2 unspecified atom stereocenters. The van der Waals surface area contributed by atoms with Crippen LogP contribution in [0.5, 0.6) is 0 Å². The zero-order chi connectivity index (χ0) is 17.5. The van der Waals surface area contributed by atoms with Gasteiger partial charge in [0, 0.05) is 26.5 Å². The summed E-state index contributed by atoms with van der Waals surface area (Å²) in [5, 5.41) is 0. The molecule has 2 aliphatic carbocycles. The molecule has 0 aliphatic heterocycles. The minimum atomic E-state index is -1.21. The second-order valence-corrected chi connectivity index (χ2v) is 6.77. The largest absolute Gasteiger partial charge is 0.377 e. The summed E-state index contributed by atoms with van der Waals surface area (Å²) in [5.41, 5.74) is 0.740. The highest BCUT2D eigenvalue weighted by atomic mass is 19.1. The molecule has 0 heterocycles. The number of ether oxygens (including phenoxy) is 1. The number of carbonyl (C=O) groups is 1. The van der Waals surface area contributed by atoms with Gasteiger partial charge < -0.3 is 9.64 Å². The van der Waals surface area contributed by atoms with Crippen molar-refractivity contribution < 1.29 is 18.3 Å². The molecule has 3 nitrogen and oxygen atoms in total. The standard InChI is InChI=1S/C19H29F2NO2/c1-3-10-22(17-5-7-18(24-2)8-6-17)19(23)9-4-14-11-15(20)13-16(21)12-14/h5,7,11,15-18H,3-4,6,8-10,12-13H2,1-2H3/t15-,16?,17+,18?/m1/s1. The number of alkyl halides is 2. The van der Waals surface area contributed by atoms with Gasteiger partial charge in [-0.1, -0.05) is 30.7 Å². The summed E-state index contributed by atoms with van der Waals surface area (Å²) in [4.78, 5) is 14.5. The molecule has 0 radical (unpaired) electrons. The van der Waals surface area contributed by atoms with Crippen LogP contribution in [0, 0.1) is 0 Å². The predicted octanol–water partition coefficient (Wildman–Crippen LogP) is 4.14. The van der Waals surface area contributed by atoms with Gasteiger partial charge in [0.1, 0.15) is 12.3 Å². The Labute approximate surface area is 143 Å². The van der Waals surface area contributed by atoms with Crippen LogP contribution in [0.4, 0.5) is 8.78 Å². The Kier molecular flexibility index (Phi) is 7.40. The quantitative estimate of drug-likeness (QED) is 0.652.